The van der Waals surface area contributed by atoms with Crippen molar-refractivity contribution in [2.45, 2.75) is 0 Å². The molecule has 10 heavy (non-hydrogen) atoms. The van der Waals surface area contributed by atoms with Crippen molar-refractivity contribution in [1.29, 1.82) is 0 Å². The Morgan fingerprint density at radius 1 is 1.30 bits per heavy atom. The first kappa shape index (κ1) is 5.47. The topological polar surface area (TPSA) is 21.6 Å². The first-order valence-corrected chi connectivity index (χ1v) is 3.01. The number of rotatable bonds is 0. The van der Waals surface area contributed by atoms with E-state index in [0.717, 1.165) is 11.1 Å². The average Bonchev–Trinajstić information content (AvgIpc) is 2.05. The van der Waals surface area contributed by atoms with Gasteiger partial charge in [0, 0.05) is 11.1 Å². The van der Waals surface area contributed by atoms with Crippen molar-refractivity contribution in [3.05, 3.63) is 42.0 Å². The summed E-state index contributed by atoms with van der Waals surface area (Å²) in [6.07, 6.45) is 1.67. The molecule has 0 aliphatic carbocycles. The van der Waals surface area contributed by atoms with Gasteiger partial charge >= 0.3 is 0 Å². The van der Waals surface area contributed by atoms with E-state index in [-0.39, 0.29) is 0 Å². The first-order valence-electron chi connectivity index (χ1n) is 3.01. The molecule has 2 radical (unpaired) electrons. The molecule has 0 saturated carbocycles. The highest BCUT2D eigenvalue weighted by Gasteiger charge is 2.05. The van der Waals surface area contributed by atoms with Gasteiger partial charge in [-0.25, -0.2) is 0 Å². The first-order chi connectivity index (χ1) is 4.97. The number of oxime groups is 1. The lowest BCUT2D eigenvalue weighted by molar-refractivity contribution is 0.226. The van der Waals surface area contributed by atoms with Gasteiger partial charge in [-0.1, -0.05) is 29.4 Å². The van der Waals surface area contributed by atoms with Crippen molar-refractivity contribution < 1.29 is 4.84 Å². The molecule has 0 spiro atoms. The number of nitrogens with zero attached hydrogens (tertiary/aromatic N) is 1. The van der Waals surface area contributed by atoms with Gasteiger partial charge in [0.1, 0.15) is 0 Å². The molecule has 0 N–H and O–H groups in total. The van der Waals surface area contributed by atoms with E-state index in [1.807, 2.05) is 24.3 Å². The smallest absolute Gasteiger partial charge is 0.264 e. The lowest BCUT2D eigenvalue weighted by atomic mass is 10.1. The van der Waals surface area contributed by atoms with Crippen LogP contribution in [0.4, 0.5) is 0 Å². The Morgan fingerprint density at radius 3 is 3.10 bits per heavy atom. The highest BCUT2D eigenvalue weighted by Crippen LogP contribution is 2.12. The largest absolute Gasteiger partial charge is 0.374 e. The summed E-state index contributed by atoms with van der Waals surface area (Å²) in [5.74, 6) is 0. The van der Waals surface area contributed by atoms with Crippen LogP contribution in [0.5, 0.6) is 0 Å². The van der Waals surface area contributed by atoms with Gasteiger partial charge in [0.05, 0.1) is 6.21 Å². The average molecular weight is 131 g/mol. The van der Waals surface area contributed by atoms with E-state index in [9.17, 15) is 0 Å². The summed E-state index contributed by atoms with van der Waals surface area (Å²) in [6, 6.07) is 7.79. The fourth-order valence-electron chi connectivity index (χ4n) is 0.861. The minimum Gasteiger partial charge on any atom is -0.374 e. The third-order valence-corrected chi connectivity index (χ3v) is 1.36. The predicted molar refractivity (Wildman–Crippen MR) is 37.5 cm³/mol. The molecule has 1 aliphatic rings. The van der Waals surface area contributed by atoms with Gasteiger partial charge in [0.2, 0.25) is 0 Å². The van der Waals surface area contributed by atoms with Crippen molar-refractivity contribution in [2.24, 2.45) is 5.16 Å². The van der Waals surface area contributed by atoms with Gasteiger partial charge in [-0.2, -0.15) is 0 Å². The van der Waals surface area contributed by atoms with Crippen molar-refractivity contribution >= 4 is 6.21 Å². The normalized spacial score (nSPS) is 14.0. The zero-order valence-corrected chi connectivity index (χ0v) is 5.24. The molecule has 0 fully saturated rings. The molecule has 0 saturated heterocycles. The molecule has 1 heterocycles. The molecular formula is C8H5NO. The molecule has 0 aromatic heterocycles. The monoisotopic (exact) mass is 131 g/mol. The molecule has 2 nitrogen and oxygen atoms in total. The molecule has 0 atom stereocenters. The molecule has 0 unspecified atom stereocenters. The van der Waals surface area contributed by atoms with E-state index in [4.69, 9.17) is 0 Å². The van der Waals surface area contributed by atoms with E-state index in [1.165, 1.54) is 0 Å². The van der Waals surface area contributed by atoms with E-state index in [2.05, 4.69) is 16.6 Å². The maximum absolute atomic E-state index is 4.62. The second-order valence-corrected chi connectivity index (χ2v) is 2.02. The van der Waals surface area contributed by atoms with E-state index in [0.29, 0.717) is 0 Å². The summed E-state index contributed by atoms with van der Waals surface area (Å²) in [7, 11) is 0. The molecule has 0 bridgehead atoms. The summed E-state index contributed by atoms with van der Waals surface area (Å²) < 4.78 is 0. The van der Waals surface area contributed by atoms with Crippen LogP contribution in [0, 0.1) is 6.61 Å². The van der Waals surface area contributed by atoms with Crippen molar-refractivity contribution in [1.82, 2.24) is 0 Å². The highest BCUT2D eigenvalue weighted by molar-refractivity contribution is 5.82. The minimum absolute atomic E-state index is 0.956. The van der Waals surface area contributed by atoms with Crippen LogP contribution in [0.25, 0.3) is 0 Å². The van der Waals surface area contributed by atoms with Gasteiger partial charge in [-0.15, -0.1) is 0 Å². The SMILES string of the molecule is [C]1ON=Cc2ccccc21. The van der Waals surface area contributed by atoms with Crippen LogP contribution < -0.4 is 0 Å². The fraction of sp³-hybridized carbons (Fsp3) is 0. The molecule has 2 rings (SSSR count). The number of hydrogen-bond acceptors (Lipinski definition) is 2. The van der Waals surface area contributed by atoms with Gasteiger partial charge in [-0.3, -0.25) is 0 Å². The van der Waals surface area contributed by atoms with Gasteiger partial charge in [0.25, 0.3) is 6.61 Å². The lowest BCUT2D eigenvalue weighted by Gasteiger charge is -2.05. The summed E-state index contributed by atoms with van der Waals surface area (Å²) in [5, 5.41) is 3.58. The second kappa shape index (κ2) is 2.14. The Labute approximate surface area is 59.1 Å². The van der Waals surface area contributed by atoms with E-state index < -0.39 is 0 Å². The minimum atomic E-state index is 0.956. The standard InChI is InChI=1S/C8H5NO/c1-2-4-8-6-10-9-5-7(8)3-1/h1-5H. The van der Waals surface area contributed by atoms with Crippen molar-refractivity contribution in [3.63, 3.8) is 0 Å². The van der Waals surface area contributed by atoms with Crippen LogP contribution >= 0.6 is 0 Å². The molecule has 2 heteroatoms. The Kier molecular flexibility index (Phi) is 1.17. The summed E-state index contributed by atoms with van der Waals surface area (Å²) in [5.41, 5.74) is 2.01. The highest BCUT2D eigenvalue weighted by atomic mass is 16.6. The second-order valence-electron chi connectivity index (χ2n) is 2.02. The number of hydrogen-bond donors (Lipinski definition) is 0. The van der Waals surface area contributed by atoms with Crippen LogP contribution in [0.3, 0.4) is 0 Å². The molecular weight excluding hydrogens is 126 g/mol. The Bertz CT molecular complexity index is 268. The van der Waals surface area contributed by atoms with Crippen LogP contribution in [0.1, 0.15) is 11.1 Å². The van der Waals surface area contributed by atoms with Gasteiger partial charge < -0.3 is 4.84 Å². The van der Waals surface area contributed by atoms with E-state index >= 15 is 0 Å². The molecule has 0 amide bonds. The van der Waals surface area contributed by atoms with E-state index in [1.54, 1.807) is 6.21 Å². The summed E-state index contributed by atoms with van der Waals surface area (Å²) >= 11 is 0. The summed E-state index contributed by atoms with van der Waals surface area (Å²) in [6.45, 7) is 2.66. The molecule has 1 aliphatic heterocycles. The third-order valence-electron chi connectivity index (χ3n) is 1.36. The zero-order valence-electron chi connectivity index (χ0n) is 5.24. The number of benzene rings is 1. The van der Waals surface area contributed by atoms with Gasteiger partial charge in [0.15, 0.2) is 0 Å². The number of fused-ring (bicyclic) bond motifs is 1. The predicted octanol–water partition coefficient (Wildman–Crippen LogP) is 1.44. The van der Waals surface area contributed by atoms with Crippen LogP contribution in [0.15, 0.2) is 29.4 Å². The Hall–Kier alpha value is -1.31. The van der Waals surface area contributed by atoms with Crippen molar-refractivity contribution in [3.8, 4) is 0 Å². The maximum Gasteiger partial charge on any atom is 0.264 e. The molecule has 48 valence electrons. The zero-order chi connectivity index (χ0) is 6.81. The van der Waals surface area contributed by atoms with Crippen molar-refractivity contribution in [2.75, 3.05) is 0 Å². The molecule has 1 aromatic carbocycles. The lowest BCUT2D eigenvalue weighted by Crippen LogP contribution is -1.97. The quantitative estimate of drug-likeness (QED) is 0.522. The fourth-order valence-corrected chi connectivity index (χ4v) is 0.861. The molecule has 1 aromatic rings. The third kappa shape index (κ3) is 0.778. The Morgan fingerprint density at radius 2 is 2.20 bits per heavy atom. The summed E-state index contributed by atoms with van der Waals surface area (Å²) in [4.78, 5) is 4.62. The van der Waals surface area contributed by atoms with Crippen LogP contribution in [-0.4, -0.2) is 6.21 Å². The Balaban J connectivity index is 2.54. The van der Waals surface area contributed by atoms with Crippen LogP contribution in [-0.2, 0) is 4.84 Å². The van der Waals surface area contributed by atoms with Gasteiger partial charge in [-0.05, 0) is 0 Å². The van der Waals surface area contributed by atoms with Crippen LogP contribution in [0.2, 0.25) is 0 Å². The maximum atomic E-state index is 4.62.